The van der Waals surface area contributed by atoms with Crippen LogP contribution in [0, 0.1) is 11.3 Å². The first kappa shape index (κ1) is 14.0. The fraction of sp³-hybridized carbons (Fsp3) is 0.0769. The van der Waals surface area contributed by atoms with Crippen molar-refractivity contribution in [3.05, 3.63) is 53.7 Å². The molecule has 3 N–H and O–H groups in total. The molecule has 20 heavy (non-hydrogen) atoms. The van der Waals surface area contributed by atoms with Crippen LogP contribution in [0.3, 0.4) is 0 Å². The Hall–Kier alpha value is -2.43. The molecule has 0 amide bonds. The number of nitriles is 1. The first-order valence-electron chi connectivity index (χ1n) is 5.71. The van der Waals surface area contributed by atoms with Gasteiger partial charge in [-0.1, -0.05) is 12.1 Å². The topological polar surface area (TPSA) is 109 Å². The predicted octanol–water partition coefficient (Wildman–Crippen LogP) is 1.01. The minimum atomic E-state index is -3.62. The van der Waals surface area contributed by atoms with Gasteiger partial charge in [-0.15, -0.1) is 0 Å². The monoisotopic (exact) mass is 288 g/mol. The van der Waals surface area contributed by atoms with E-state index in [1.807, 2.05) is 6.07 Å². The molecule has 0 fully saturated rings. The Morgan fingerprint density at radius 3 is 2.45 bits per heavy atom. The number of pyridine rings is 1. The van der Waals surface area contributed by atoms with Crippen molar-refractivity contribution in [1.29, 1.82) is 5.26 Å². The van der Waals surface area contributed by atoms with Gasteiger partial charge < -0.3 is 5.73 Å². The third-order valence-electron chi connectivity index (χ3n) is 2.62. The quantitative estimate of drug-likeness (QED) is 0.872. The van der Waals surface area contributed by atoms with Crippen molar-refractivity contribution < 1.29 is 8.42 Å². The molecule has 0 atom stereocenters. The molecule has 0 radical (unpaired) electrons. The number of sulfonamides is 1. The molecule has 2 rings (SSSR count). The van der Waals surface area contributed by atoms with Gasteiger partial charge in [-0.2, -0.15) is 5.26 Å². The number of nitrogens with zero attached hydrogens (tertiary/aromatic N) is 2. The number of rotatable bonds is 4. The summed E-state index contributed by atoms with van der Waals surface area (Å²) >= 11 is 0. The average Bonchev–Trinajstić information content (AvgIpc) is 2.46. The van der Waals surface area contributed by atoms with Crippen molar-refractivity contribution in [3.8, 4) is 6.07 Å². The van der Waals surface area contributed by atoms with E-state index in [4.69, 9.17) is 11.0 Å². The third-order valence-corrected chi connectivity index (χ3v) is 4.01. The van der Waals surface area contributed by atoms with E-state index in [0.717, 1.165) is 5.56 Å². The summed E-state index contributed by atoms with van der Waals surface area (Å²) in [5.74, 6) is 0.260. The van der Waals surface area contributed by atoms with Crippen molar-refractivity contribution in [3.63, 3.8) is 0 Å². The lowest BCUT2D eigenvalue weighted by molar-refractivity contribution is 0.581. The van der Waals surface area contributed by atoms with Crippen LogP contribution in [0.5, 0.6) is 0 Å². The minimum Gasteiger partial charge on any atom is -0.384 e. The Bertz CT molecular complexity index is 731. The van der Waals surface area contributed by atoms with Crippen LogP contribution in [0.15, 0.2) is 47.5 Å². The van der Waals surface area contributed by atoms with Crippen molar-refractivity contribution in [2.75, 3.05) is 5.73 Å². The number of nitrogen functional groups attached to an aromatic ring is 1. The Morgan fingerprint density at radius 1 is 1.20 bits per heavy atom. The van der Waals surface area contributed by atoms with Gasteiger partial charge in [0.15, 0.2) is 0 Å². The molecule has 0 unspecified atom stereocenters. The first-order valence-corrected chi connectivity index (χ1v) is 7.20. The van der Waals surface area contributed by atoms with Crippen LogP contribution in [0.1, 0.15) is 11.1 Å². The fourth-order valence-corrected chi connectivity index (χ4v) is 2.47. The van der Waals surface area contributed by atoms with Gasteiger partial charge in [-0.3, -0.25) is 0 Å². The molecule has 0 aliphatic carbocycles. The van der Waals surface area contributed by atoms with Gasteiger partial charge in [-0.05, 0) is 29.8 Å². The number of hydrogen-bond donors (Lipinski definition) is 2. The molecular formula is C13H12N4O2S. The van der Waals surface area contributed by atoms with Crippen LogP contribution in [-0.4, -0.2) is 13.4 Å². The lowest BCUT2D eigenvalue weighted by Crippen LogP contribution is -2.23. The summed E-state index contributed by atoms with van der Waals surface area (Å²) in [6.45, 7) is 0.137. The van der Waals surface area contributed by atoms with Crippen LogP contribution < -0.4 is 10.5 Å². The molecule has 0 saturated heterocycles. The zero-order valence-corrected chi connectivity index (χ0v) is 11.3. The third kappa shape index (κ3) is 3.32. The normalized spacial score (nSPS) is 10.9. The number of anilines is 1. The largest absolute Gasteiger partial charge is 0.384 e. The number of hydrogen-bond acceptors (Lipinski definition) is 5. The Morgan fingerprint density at radius 2 is 1.90 bits per heavy atom. The molecule has 7 heteroatoms. The highest BCUT2D eigenvalue weighted by molar-refractivity contribution is 7.89. The van der Waals surface area contributed by atoms with Gasteiger partial charge in [0.1, 0.15) is 10.7 Å². The molecule has 1 heterocycles. The maximum atomic E-state index is 12.0. The average molecular weight is 288 g/mol. The molecule has 6 nitrogen and oxygen atoms in total. The fourth-order valence-electron chi connectivity index (χ4n) is 1.51. The number of nitrogens with one attached hydrogen (secondary N) is 1. The van der Waals surface area contributed by atoms with Crippen molar-refractivity contribution in [1.82, 2.24) is 9.71 Å². The van der Waals surface area contributed by atoms with E-state index in [9.17, 15) is 8.42 Å². The lowest BCUT2D eigenvalue weighted by atomic mass is 10.1. The molecule has 0 saturated carbocycles. The van der Waals surface area contributed by atoms with Gasteiger partial charge >= 0.3 is 0 Å². The van der Waals surface area contributed by atoms with Gasteiger partial charge in [-0.25, -0.2) is 18.1 Å². The van der Waals surface area contributed by atoms with E-state index in [1.165, 1.54) is 18.3 Å². The van der Waals surface area contributed by atoms with Gasteiger partial charge in [0.25, 0.3) is 0 Å². The van der Waals surface area contributed by atoms with Crippen LogP contribution in [0.25, 0.3) is 0 Å². The summed E-state index contributed by atoms with van der Waals surface area (Å²) < 4.78 is 26.4. The zero-order chi connectivity index (χ0) is 14.6. The van der Waals surface area contributed by atoms with E-state index in [-0.39, 0.29) is 17.3 Å². The second kappa shape index (κ2) is 5.69. The van der Waals surface area contributed by atoms with E-state index in [0.29, 0.717) is 5.56 Å². The van der Waals surface area contributed by atoms with Crippen LogP contribution >= 0.6 is 0 Å². The Balaban J connectivity index is 2.09. The van der Waals surface area contributed by atoms with Crippen LogP contribution in [-0.2, 0) is 16.6 Å². The van der Waals surface area contributed by atoms with Crippen molar-refractivity contribution in [2.45, 2.75) is 11.4 Å². The highest BCUT2D eigenvalue weighted by Crippen LogP contribution is 2.10. The maximum absolute atomic E-state index is 12.0. The molecule has 0 spiro atoms. The lowest BCUT2D eigenvalue weighted by Gasteiger charge is -2.06. The van der Waals surface area contributed by atoms with Gasteiger partial charge in [0.05, 0.1) is 11.6 Å². The molecule has 1 aromatic carbocycles. The second-order valence-corrected chi connectivity index (χ2v) is 5.82. The number of benzene rings is 1. The second-order valence-electron chi connectivity index (χ2n) is 4.05. The van der Waals surface area contributed by atoms with Crippen LogP contribution in [0.4, 0.5) is 5.82 Å². The minimum absolute atomic E-state index is 0.0559. The SMILES string of the molecule is N#Cc1ccc(CNS(=O)(=O)c2ccc(N)nc2)cc1. The number of nitrogens with two attached hydrogens (primary N) is 1. The molecule has 102 valence electrons. The van der Waals surface area contributed by atoms with E-state index in [1.54, 1.807) is 24.3 Å². The highest BCUT2D eigenvalue weighted by atomic mass is 32.2. The smallest absolute Gasteiger partial charge is 0.242 e. The summed E-state index contributed by atoms with van der Waals surface area (Å²) in [5.41, 5.74) is 6.70. The van der Waals surface area contributed by atoms with Crippen LogP contribution in [0.2, 0.25) is 0 Å². The van der Waals surface area contributed by atoms with Gasteiger partial charge in [0.2, 0.25) is 10.0 Å². The van der Waals surface area contributed by atoms with Crippen molar-refractivity contribution in [2.24, 2.45) is 0 Å². The summed E-state index contributed by atoms with van der Waals surface area (Å²) in [6.07, 6.45) is 1.20. The molecule has 0 aliphatic heterocycles. The Kier molecular flexibility index (Phi) is 3.98. The van der Waals surface area contributed by atoms with E-state index < -0.39 is 10.0 Å². The first-order chi connectivity index (χ1) is 9.51. The summed E-state index contributed by atoms with van der Waals surface area (Å²) in [5, 5.41) is 8.68. The summed E-state index contributed by atoms with van der Waals surface area (Å²) in [6, 6.07) is 11.5. The molecule has 0 bridgehead atoms. The summed E-state index contributed by atoms with van der Waals surface area (Å²) in [7, 11) is -3.62. The van der Waals surface area contributed by atoms with Crippen molar-refractivity contribution >= 4 is 15.8 Å². The van der Waals surface area contributed by atoms with E-state index >= 15 is 0 Å². The standard InChI is InChI=1S/C13H12N4O2S/c14-7-10-1-3-11(4-2-10)8-17-20(18,19)12-5-6-13(15)16-9-12/h1-6,9,17H,8H2,(H2,15,16). The molecule has 2 aromatic rings. The predicted molar refractivity (Wildman–Crippen MR) is 73.8 cm³/mol. The van der Waals surface area contributed by atoms with E-state index in [2.05, 4.69) is 9.71 Å². The zero-order valence-electron chi connectivity index (χ0n) is 10.4. The highest BCUT2D eigenvalue weighted by Gasteiger charge is 2.13. The van der Waals surface area contributed by atoms with Gasteiger partial charge in [0, 0.05) is 12.7 Å². The Labute approximate surface area is 116 Å². The number of aromatic nitrogens is 1. The molecule has 0 aliphatic rings. The summed E-state index contributed by atoms with van der Waals surface area (Å²) in [4.78, 5) is 3.80. The maximum Gasteiger partial charge on any atom is 0.242 e. The molecular weight excluding hydrogens is 276 g/mol. The molecule has 1 aromatic heterocycles.